The quantitative estimate of drug-likeness (QED) is 0.621. The van der Waals surface area contributed by atoms with Gasteiger partial charge in [0.15, 0.2) is 0 Å². The Morgan fingerprint density at radius 2 is 1.71 bits per heavy atom. The number of nitrogens with zero attached hydrogens (tertiary/aromatic N) is 1. The van der Waals surface area contributed by atoms with Crippen molar-refractivity contribution in [2.45, 2.75) is 0 Å². The molecule has 0 amide bonds. The summed E-state index contributed by atoms with van der Waals surface area (Å²) in [6.07, 6.45) is 0. The fourth-order valence-corrected chi connectivity index (χ4v) is 3.12. The Kier molecular flexibility index (Phi) is 3.93. The molecular weight excluding hydrogens is 375 g/mol. The largest absolute Gasteiger partial charge is 0.367 e. The number of nitrogens with two attached hydrogens (primary N) is 1. The first kappa shape index (κ1) is 14.4. The Hall–Kier alpha value is -1.49. The third-order valence-electron chi connectivity index (χ3n) is 3.00. The van der Waals surface area contributed by atoms with Crippen LogP contribution in [0.5, 0.6) is 0 Å². The number of hydrogen-bond acceptors (Lipinski definition) is 3. The van der Waals surface area contributed by atoms with Crippen molar-refractivity contribution in [1.82, 2.24) is 5.16 Å². The van der Waals surface area contributed by atoms with E-state index in [-0.39, 0.29) is 5.88 Å². The number of hydrogen-bond donors (Lipinski definition) is 1. The predicted octanol–water partition coefficient (Wildman–Crippen LogP) is 5.66. The van der Waals surface area contributed by atoms with Crippen molar-refractivity contribution in [1.29, 1.82) is 0 Å². The number of aromatic nitrogens is 1. The van der Waals surface area contributed by atoms with Crippen LogP contribution in [0, 0.1) is 0 Å². The van der Waals surface area contributed by atoms with E-state index < -0.39 is 0 Å². The summed E-state index contributed by atoms with van der Waals surface area (Å²) in [6.45, 7) is 0. The third kappa shape index (κ3) is 2.79. The molecule has 0 atom stereocenters. The molecule has 0 aliphatic rings. The Morgan fingerprint density at radius 1 is 1.05 bits per heavy atom. The van der Waals surface area contributed by atoms with E-state index in [0.29, 0.717) is 21.3 Å². The molecule has 3 rings (SSSR count). The van der Waals surface area contributed by atoms with E-state index in [1.54, 1.807) is 18.2 Å². The maximum Gasteiger partial charge on any atom is 0.230 e. The lowest BCUT2D eigenvalue weighted by atomic mass is 10.0. The monoisotopic (exact) mass is 382 g/mol. The van der Waals surface area contributed by atoms with Crippen molar-refractivity contribution in [3.63, 3.8) is 0 Å². The van der Waals surface area contributed by atoms with Gasteiger partial charge in [-0.05, 0) is 24.3 Å². The summed E-state index contributed by atoms with van der Waals surface area (Å²) in [6, 6.07) is 12.9. The summed E-state index contributed by atoms with van der Waals surface area (Å²) >= 11 is 15.6. The maximum atomic E-state index is 6.05. The summed E-state index contributed by atoms with van der Waals surface area (Å²) in [4.78, 5) is 0. The van der Waals surface area contributed by atoms with Gasteiger partial charge in [0.05, 0.1) is 5.56 Å². The van der Waals surface area contributed by atoms with Crippen LogP contribution >= 0.6 is 39.1 Å². The number of anilines is 1. The Labute approximate surface area is 139 Å². The topological polar surface area (TPSA) is 52.0 Å². The lowest BCUT2D eigenvalue weighted by Crippen LogP contribution is -1.89. The van der Waals surface area contributed by atoms with Crippen LogP contribution in [0.25, 0.3) is 22.4 Å². The highest BCUT2D eigenvalue weighted by Gasteiger charge is 2.19. The second-order valence-corrected chi connectivity index (χ2v) is 6.14. The first-order valence-electron chi connectivity index (χ1n) is 6.03. The molecule has 6 heteroatoms. The molecule has 0 aliphatic carbocycles. The molecule has 0 bridgehead atoms. The van der Waals surface area contributed by atoms with Gasteiger partial charge in [0.25, 0.3) is 0 Å². The number of halogens is 3. The van der Waals surface area contributed by atoms with Gasteiger partial charge in [-0.15, -0.1) is 0 Å². The molecule has 2 aromatic carbocycles. The van der Waals surface area contributed by atoms with Crippen LogP contribution in [0.2, 0.25) is 10.0 Å². The van der Waals surface area contributed by atoms with Crippen molar-refractivity contribution in [2.24, 2.45) is 0 Å². The third-order valence-corrected chi connectivity index (χ3v) is 4.13. The van der Waals surface area contributed by atoms with Crippen LogP contribution in [-0.4, -0.2) is 5.16 Å². The van der Waals surface area contributed by atoms with Crippen molar-refractivity contribution < 1.29 is 4.52 Å². The minimum atomic E-state index is 0.244. The second kappa shape index (κ2) is 5.72. The van der Waals surface area contributed by atoms with Crippen LogP contribution < -0.4 is 5.73 Å². The maximum absolute atomic E-state index is 6.05. The Bertz CT molecular complexity index is 797. The fourth-order valence-electron chi connectivity index (χ4n) is 2.11. The van der Waals surface area contributed by atoms with Crippen LogP contribution in [0.4, 0.5) is 5.88 Å². The van der Waals surface area contributed by atoms with E-state index >= 15 is 0 Å². The van der Waals surface area contributed by atoms with Crippen LogP contribution in [0.15, 0.2) is 51.5 Å². The molecule has 21 heavy (non-hydrogen) atoms. The average molecular weight is 384 g/mol. The van der Waals surface area contributed by atoms with E-state index in [1.807, 2.05) is 24.3 Å². The molecular formula is C15H9BrCl2N2O. The molecule has 0 unspecified atom stereocenters. The van der Waals surface area contributed by atoms with Crippen molar-refractivity contribution in [3.8, 4) is 22.4 Å². The molecule has 1 heterocycles. The zero-order valence-electron chi connectivity index (χ0n) is 10.6. The highest BCUT2D eigenvalue weighted by molar-refractivity contribution is 9.10. The van der Waals surface area contributed by atoms with Gasteiger partial charge in [0, 0.05) is 25.6 Å². The van der Waals surface area contributed by atoms with E-state index in [0.717, 1.165) is 15.6 Å². The Balaban J connectivity index is 2.24. The zero-order chi connectivity index (χ0) is 15.0. The lowest BCUT2D eigenvalue weighted by molar-refractivity contribution is 0.439. The number of rotatable bonds is 2. The summed E-state index contributed by atoms with van der Waals surface area (Å²) in [7, 11) is 0. The second-order valence-electron chi connectivity index (χ2n) is 4.41. The fraction of sp³-hybridized carbons (Fsp3) is 0. The first-order valence-corrected chi connectivity index (χ1v) is 7.57. The summed E-state index contributed by atoms with van der Waals surface area (Å²) < 4.78 is 6.06. The van der Waals surface area contributed by atoms with Crippen molar-refractivity contribution in [3.05, 3.63) is 57.0 Å². The minimum absolute atomic E-state index is 0.244. The van der Waals surface area contributed by atoms with E-state index in [2.05, 4.69) is 21.1 Å². The van der Waals surface area contributed by atoms with Gasteiger partial charge in [-0.1, -0.05) is 62.5 Å². The molecule has 0 saturated carbocycles. The molecule has 0 radical (unpaired) electrons. The Morgan fingerprint density at radius 3 is 2.38 bits per heavy atom. The van der Waals surface area contributed by atoms with E-state index in [9.17, 15) is 0 Å². The van der Waals surface area contributed by atoms with Gasteiger partial charge in [0.2, 0.25) is 5.88 Å². The highest BCUT2D eigenvalue weighted by atomic mass is 79.9. The molecule has 1 aromatic heterocycles. The number of nitrogen functional groups attached to an aromatic ring is 1. The minimum Gasteiger partial charge on any atom is -0.367 e. The van der Waals surface area contributed by atoms with Crippen LogP contribution in [0.3, 0.4) is 0 Å². The van der Waals surface area contributed by atoms with Gasteiger partial charge in [-0.2, -0.15) is 0 Å². The standard InChI is InChI=1S/C15H9BrCl2N2O/c16-12-4-2-1-3-11(12)13-14(20-21-15(13)19)8-5-9(17)7-10(18)6-8/h1-7H,19H2. The molecule has 106 valence electrons. The van der Waals surface area contributed by atoms with E-state index in [1.165, 1.54) is 0 Å². The summed E-state index contributed by atoms with van der Waals surface area (Å²) in [5.74, 6) is 0.244. The predicted molar refractivity (Wildman–Crippen MR) is 89.5 cm³/mol. The molecule has 3 aromatic rings. The van der Waals surface area contributed by atoms with Crippen LogP contribution in [0.1, 0.15) is 0 Å². The van der Waals surface area contributed by atoms with Gasteiger partial charge in [-0.25, -0.2) is 0 Å². The molecule has 0 saturated heterocycles. The van der Waals surface area contributed by atoms with Gasteiger partial charge >= 0.3 is 0 Å². The normalized spacial score (nSPS) is 10.8. The molecule has 0 aliphatic heterocycles. The molecule has 3 nitrogen and oxygen atoms in total. The van der Waals surface area contributed by atoms with E-state index in [4.69, 9.17) is 33.5 Å². The molecule has 0 spiro atoms. The van der Waals surface area contributed by atoms with Gasteiger partial charge < -0.3 is 10.3 Å². The van der Waals surface area contributed by atoms with Gasteiger partial charge in [-0.3, -0.25) is 0 Å². The SMILES string of the molecule is Nc1onc(-c2cc(Cl)cc(Cl)c2)c1-c1ccccc1Br. The molecule has 0 fully saturated rings. The zero-order valence-corrected chi connectivity index (χ0v) is 13.7. The smallest absolute Gasteiger partial charge is 0.230 e. The molecule has 2 N–H and O–H groups in total. The summed E-state index contributed by atoms with van der Waals surface area (Å²) in [5.41, 5.74) is 8.89. The van der Waals surface area contributed by atoms with Gasteiger partial charge in [0.1, 0.15) is 5.69 Å². The number of benzene rings is 2. The van der Waals surface area contributed by atoms with Crippen LogP contribution in [-0.2, 0) is 0 Å². The summed E-state index contributed by atoms with van der Waals surface area (Å²) in [5, 5.41) is 5.10. The van der Waals surface area contributed by atoms with Crippen molar-refractivity contribution in [2.75, 3.05) is 5.73 Å². The average Bonchev–Trinajstić information content (AvgIpc) is 2.80. The first-order chi connectivity index (χ1) is 10.1. The highest BCUT2D eigenvalue weighted by Crippen LogP contribution is 2.40. The van der Waals surface area contributed by atoms with Crippen molar-refractivity contribution >= 4 is 45.0 Å². The lowest BCUT2D eigenvalue weighted by Gasteiger charge is -2.06.